The third-order valence-corrected chi connectivity index (χ3v) is 6.37. The number of aliphatic hydroxyl groups excluding tert-OH is 2. The van der Waals surface area contributed by atoms with E-state index in [1.807, 2.05) is 6.08 Å². The summed E-state index contributed by atoms with van der Waals surface area (Å²) in [6.07, 6.45) is 14.6. The summed E-state index contributed by atoms with van der Waals surface area (Å²) in [6, 6.07) is 0. The molecule has 3 saturated carbocycles. The van der Waals surface area contributed by atoms with Crippen LogP contribution < -0.4 is 0 Å². The molecule has 4 nitrogen and oxygen atoms in total. The Hall–Kier alpha value is -1.26. The average Bonchev–Trinajstić information content (AvgIpc) is 2.64. The van der Waals surface area contributed by atoms with E-state index >= 15 is 0 Å². The van der Waals surface area contributed by atoms with Gasteiger partial charge in [0, 0.05) is 0 Å². The molecule has 144 valence electrons. The molecular formula is C22H32O4. The zero-order chi connectivity index (χ0) is 18.5. The first-order valence-electron chi connectivity index (χ1n) is 10.4. The molecule has 0 spiro atoms. The summed E-state index contributed by atoms with van der Waals surface area (Å²) in [4.78, 5) is 25.4. The maximum atomic E-state index is 12.8. The number of carbonyl (C=O) groups is 2. The van der Waals surface area contributed by atoms with E-state index in [2.05, 4.69) is 6.08 Å². The third kappa shape index (κ3) is 5.14. The molecule has 0 amide bonds. The van der Waals surface area contributed by atoms with E-state index in [-0.39, 0.29) is 23.8 Å². The molecule has 26 heavy (non-hydrogen) atoms. The Morgan fingerprint density at radius 3 is 2.04 bits per heavy atom. The largest absolute Gasteiger partial charge is 0.393 e. The van der Waals surface area contributed by atoms with E-state index in [1.54, 1.807) is 6.08 Å². The average molecular weight is 360 g/mol. The number of hydrogen-bond donors (Lipinski definition) is 2. The Kier molecular flexibility index (Phi) is 6.82. The van der Waals surface area contributed by atoms with E-state index in [1.165, 1.54) is 0 Å². The molecular weight excluding hydrogens is 328 g/mol. The first-order valence-corrected chi connectivity index (χ1v) is 10.4. The second-order valence-electron chi connectivity index (χ2n) is 8.40. The van der Waals surface area contributed by atoms with Crippen molar-refractivity contribution in [1.82, 2.24) is 0 Å². The van der Waals surface area contributed by atoms with Crippen LogP contribution in [0.2, 0.25) is 0 Å². The van der Waals surface area contributed by atoms with Crippen molar-refractivity contribution in [3.63, 3.8) is 0 Å². The van der Waals surface area contributed by atoms with Gasteiger partial charge in [0.25, 0.3) is 0 Å². The molecule has 0 heterocycles. The maximum Gasteiger partial charge on any atom is 0.169 e. The molecule has 3 fully saturated rings. The molecule has 0 bridgehead atoms. The minimum atomic E-state index is -0.505. The molecule has 3 aliphatic rings. The summed E-state index contributed by atoms with van der Waals surface area (Å²) in [5.41, 5.74) is 0.838. The van der Waals surface area contributed by atoms with Crippen molar-refractivity contribution in [3.8, 4) is 0 Å². The molecule has 1 atom stereocenters. The first kappa shape index (κ1) is 19.5. The molecule has 4 heteroatoms. The fourth-order valence-electron chi connectivity index (χ4n) is 4.61. The number of rotatable bonds is 4. The molecule has 0 aliphatic heterocycles. The smallest absolute Gasteiger partial charge is 0.169 e. The van der Waals surface area contributed by atoms with Gasteiger partial charge in [0.05, 0.1) is 18.1 Å². The van der Waals surface area contributed by atoms with Gasteiger partial charge in [0.15, 0.2) is 11.6 Å². The Bertz CT molecular complexity index is 561. The van der Waals surface area contributed by atoms with Gasteiger partial charge in [-0.05, 0) is 94.1 Å². The van der Waals surface area contributed by atoms with Crippen LogP contribution in [0.1, 0.15) is 70.6 Å². The van der Waals surface area contributed by atoms with Crippen molar-refractivity contribution in [2.75, 3.05) is 0 Å². The van der Waals surface area contributed by atoms with Gasteiger partial charge in [0.2, 0.25) is 0 Å². The lowest BCUT2D eigenvalue weighted by Crippen LogP contribution is -2.29. The van der Waals surface area contributed by atoms with Crippen molar-refractivity contribution in [3.05, 3.63) is 23.8 Å². The summed E-state index contributed by atoms with van der Waals surface area (Å²) >= 11 is 0. The van der Waals surface area contributed by atoms with E-state index < -0.39 is 5.92 Å². The molecule has 2 N–H and O–H groups in total. The quantitative estimate of drug-likeness (QED) is 0.594. The molecule has 0 aromatic rings. The van der Waals surface area contributed by atoms with Gasteiger partial charge in [0.1, 0.15) is 0 Å². The van der Waals surface area contributed by atoms with E-state index in [9.17, 15) is 19.8 Å². The highest BCUT2D eigenvalue weighted by Crippen LogP contribution is 2.32. The molecule has 0 aromatic heterocycles. The topological polar surface area (TPSA) is 74.6 Å². The van der Waals surface area contributed by atoms with Gasteiger partial charge in [-0.25, -0.2) is 0 Å². The third-order valence-electron chi connectivity index (χ3n) is 6.37. The predicted octanol–water partition coefficient (Wildman–Crippen LogP) is 3.51. The Balaban J connectivity index is 1.57. The van der Waals surface area contributed by atoms with Crippen molar-refractivity contribution in [2.45, 2.75) is 82.8 Å². The second-order valence-corrected chi connectivity index (χ2v) is 8.40. The summed E-state index contributed by atoms with van der Waals surface area (Å²) < 4.78 is 0. The molecule has 3 aliphatic carbocycles. The number of aliphatic hydroxyl groups is 2. The van der Waals surface area contributed by atoms with Crippen LogP contribution in [0.25, 0.3) is 0 Å². The van der Waals surface area contributed by atoms with Crippen LogP contribution in [0.15, 0.2) is 23.8 Å². The molecule has 3 rings (SSSR count). The number of Topliss-reactive ketones (excluding diaryl/α,β-unsaturated/α-hetero) is 1. The lowest BCUT2D eigenvalue weighted by Gasteiger charge is -2.26. The van der Waals surface area contributed by atoms with Crippen LogP contribution in [0, 0.1) is 17.8 Å². The van der Waals surface area contributed by atoms with E-state index in [0.717, 1.165) is 69.8 Å². The van der Waals surface area contributed by atoms with Crippen molar-refractivity contribution in [1.29, 1.82) is 0 Å². The molecule has 1 unspecified atom stereocenters. The zero-order valence-corrected chi connectivity index (χ0v) is 15.6. The lowest BCUT2D eigenvalue weighted by atomic mass is 9.78. The fraction of sp³-hybridized carbons (Fsp3) is 0.727. The van der Waals surface area contributed by atoms with E-state index in [4.69, 9.17) is 0 Å². The van der Waals surface area contributed by atoms with Gasteiger partial charge in [-0.2, -0.15) is 0 Å². The van der Waals surface area contributed by atoms with Crippen LogP contribution in [0.4, 0.5) is 0 Å². The van der Waals surface area contributed by atoms with Gasteiger partial charge in [-0.3, -0.25) is 9.59 Å². The minimum absolute atomic E-state index is 0.0242. The number of ketones is 2. The van der Waals surface area contributed by atoms with Crippen LogP contribution in [0.5, 0.6) is 0 Å². The van der Waals surface area contributed by atoms with Gasteiger partial charge < -0.3 is 10.2 Å². The Labute approximate surface area is 156 Å². The Morgan fingerprint density at radius 2 is 1.42 bits per heavy atom. The van der Waals surface area contributed by atoms with Crippen LogP contribution >= 0.6 is 0 Å². The number of carbonyl (C=O) groups excluding carboxylic acids is 2. The summed E-state index contributed by atoms with van der Waals surface area (Å²) in [5, 5.41) is 19.2. The zero-order valence-electron chi connectivity index (χ0n) is 15.6. The highest BCUT2D eigenvalue weighted by atomic mass is 16.3. The number of hydrogen-bond acceptors (Lipinski definition) is 4. The normalized spacial score (nSPS) is 38.0. The maximum absolute atomic E-state index is 12.8. The predicted molar refractivity (Wildman–Crippen MR) is 101 cm³/mol. The van der Waals surface area contributed by atoms with Crippen molar-refractivity contribution < 1.29 is 19.8 Å². The summed E-state index contributed by atoms with van der Waals surface area (Å²) in [6.45, 7) is 0. The van der Waals surface area contributed by atoms with Gasteiger partial charge >= 0.3 is 0 Å². The summed E-state index contributed by atoms with van der Waals surface area (Å²) in [7, 11) is 0. The second kappa shape index (κ2) is 9.09. The molecule has 0 radical (unpaired) electrons. The van der Waals surface area contributed by atoms with Crippen LogP contribution in [-0.4, -0.2) is 34.0 Å². The lowest BCUT2D eigenvalue weighted by molar-refractivity contribution is -0.129. The standard InChI is InChI=1S/C22H32O4/c23-18-9-4-15(5-10-18)8-13-21(25)20-3-1-2-17(22(20)26)14-16-6-11-19(24)12-7-16/h8,13-16,18-20,23-24H,1-7,9-12H2/b13-8+,17-14+. The van der Waals surface area contributed by atoms with Crippen LogP contribution in [-0.2, 0) is 9.59 Å². The molecule has 0 saturated heterocycles. The fourth-order valence-corrected chi connectivity index (χ4v) is 4.61. The monoisotopic (exact) mass is 360 g/mol. The van der Waals surface area contributed by atoms with Gasteiger partial charge in [-0.15, -0.1) is 0 Å². The van der Waals surface area contributed by atoms with Crippen LogP contribution in [0.3, 0.4) is 0 Å². The van der Waals surface area contributed by atoms with Crippen molar-refractivity contribution >= 4 is 11.6 Å². The SMILES string of the molecule is O=C(/C=C/C1CCC(O)CC1)C1CCC/C(=C\C2CCC(O)CC2)C1=O. The highest BCUT2D eigenvalue weighted by Gasteiger charge is 2.32. The van der Waals surface area contributed by atoms with Crippen molar-refractivity contribution in [2.24, 2.45) is 17.8 Å². The first-order chi connectivity index (χ1) is 12.5. The Morgan fingerprint density at radius 1 is 0.846 bits per heavy atom. The minimum Gasteiger partial charge on any atom is -0.393 e. The number of allylic oxidation sites excluding steroid dienone is 4. The highest BCUT2D eigenvalue weighted by molar-refractivity contribution is 6.14. The van der Waals surface area contributed by atoms with Gasteiger partial charge in [-0.1, -0.05) is 12.2 Å². The summed E-state index contributed by atoms with van der Waals surface area (Å²) in [5.74, 6) is 0.191. The van der Waals surface area contributed by atoms with E-state index in [0.29, 0.717) is 18.3 Å². The molecule has 0 aromatic carbocycles.